The molecular formula is C12H18O2Si. The van der Waals surface area contributed by atoms with Gasteiger partial charge in [-0.05, 0) is 18.6 Å². The molecule has 0 aliphatic carbocycles. The molecule has 0 aromatic carbocycles. The van der Waals surface area contributed by atoms with Gasteiger partial charge in [-0.2, -0.15) is 0 Å². The molecule has 0 aliphatic rings. The lowest BCUT2D eigenvalue weighted by molar-refractivity contribution is 0.142. The summed E-state index contributed by atoms with van der Waals surface area (Å²) in [6.07, 6.45) is 2.43. The molecule has 3 heteroatoms. The summed E-state index contributed by atoms with van der Waals surface area (Å²) in [7, 11) is -1.26. The molecule has 0 saturated carbocycles. The zero-order valence-electron chi connectivity index (χ0n) is 9.58. The maximum atomic E-state index is 9.69. The van der Waals surface area contributed by atoms with Crippen molar-refractivity contribution in [2.24, 2.45) is 0 Å². The van der Waals surface area contributed by atoms with E-state index in [9.17, 15) is 5.11 Å². The summed E-state index contributed by atoms with van der Waals surface area (Å²) in [4.78, 5) is 0. The second kappa shape index (κ2) is 5.20. The van der Waals surface area contributed by atoms with Crippen molar-refractivity contribution in [1.29, 1.82) is 0 Å². The molecule has 1 atom stereocenters. The molecule has 0 saturated heterocycles. The van der Waals surface area contributed by atoms with E-state index in [0.29, 0.717) is 12.2 Å². The number of hydrogen-bond acceptors (Lipinski definition) is 2. The van der Waals surface area contributed by atoms with Crippen LogP contribution < -0.4 is 0 Å². The Labute approximate surface area is 92.3 Å². The van der Waals surface area contributed by atoms with E-state index in [1.54, 1.807) is 18.4 Å². The van der Waals surface area contributed by atoms with Crippen molar-refractivity contribution in [3.8, 4) is 11.5 Å². The first-order valence-electron chi connectivity index (χ1n) is 5.20. The van der Waals surface area contributed by atoms with Crippen LogP contribution in [0.1, 0.15) is 24.7 Å². The van der Waals surface area contributed by atoms with Crippen LogP contribution in [0.25, 0.3) is 0 Å². The predicted molar refractivity (Wildman–Crippen MR) is 64.0 cm³/mol. The van der Waals surface area contributed by atoms with E-state index in [1.807, 2.05) is 0 Å². The molecule has 2 nitrogen and oxygen atoms in total. The summed E-state index contributed by atoms with van der Waals surface area (Å²) < 4.78 is 5.10. The van der Waals surface area contributed by atoms with Gasteiger partial charge < -0.3 is 9.52 Å². The number of hydrogen-bond donors (Lipinski definition) is 1. The van der Waals surface area contributed by atoms with Crippen LogP contribution in [0.3, 0.4) is 0 Å². The van der Waals surface area contributed by atoms with Gasteiger partial charge in [0.1, 0.15) is 19.9 Å². The molecule has 0 amide bonds. The van der Waals surface area contributed by atoms with Crippen molar-refractivity contribution >= 4 is 8.07 Å². The first kappa shape index (κ1) is 12.1. The first-order valence-corrected chi connectivity index (χ1v) is 8.70. The average molecular weight is 222 g/mol. The molecule has 1 N–H and O–H groups in total. The van der Waals surface area contributed by atoms with Gasteiger partial charge in [0.05, 0.1) is 6.26 Å². The van der Waals surface area contributed by atoms with Crippen LogP contribution in [0, 0.1) is 11.5 Å². The van der Waals surface area contributed by atoms with E-state index in [1.165, 1.54) is 0 Å². The van der Waals surface area contributed by atoms with E-state index in [0.717, 1.165) is 6.42 Å². The quantitative estimate of drug-likeness (QED) is 0.630. The molecule has 15 heavy (non-hydrogen) atoms. The summed E-state index contributed by atoms with van der Waals surface area (Å²) in [5.74, 6) is 3.76. The Bertz CT molecular complexity index is 338. The molecule has 1 aromatic heterocycles. The minimum absolute atomic E-state index is 0.518. The Balaban J connectivity index is 2.35. The zero-order valence-corrected chi connectivity index (χ0v) is 10.6. The van der Waals surface area contributed by atoms with E-state index in [-0.39, 0.29) is 0 Å². The molecule has 1 heterocycles. The maximum absolute atomic E-state index is 9.69. The smallest absolute Gasteiger partial charge is 0.132 e. The molecule has 0 aliphatic heterocycles. The molecule has 82 valence electrons. The third-order valence-electron chi connectivity index (χ3n) is 1.88. The second-order valence-electron chi connectivity index (χ2n) is 4.62. The Morgan fingerprint density at radius 1 is 1.47 bits per heavy atom. The second-order valence-corrected chi connectivity index (χ2v) is 9.37. The van der Waals surface area contributed by atoms with Crippen LogP contribution >= 0.6 is 0 Å². The van der Waals surface area contributed by atoms with Crippen LogP contribution in [0.5, 0.6) is 0 Å². The van der Waals surface area contributed by atoms with E-state index in [4.69, 9.17) is 4.42 Å². The Kier molecular flexibility index (Phi) is 4.19. The maximum Gasteiger partial charge on any atom is 0.132 e. The van der Waals surface area contributed by atoms with Crippen molar-refractivity contribution in [3.05, 3.63) is 24.2 Å². The first-order chi connectivity index (χ1) is 6.99. The minimum Gasteiger partial charge on any atom is -0.467 e. The van der Waals surface area contributed by atoms with Gasteiger partial charge in [0.15, 0.2) is 0 Å². The van der Waals surface area contributed by atoms with Crippen molar-refractivity contribution in [3.63, 3.8) is 0 Å². The fourth-order valence-electron chi connectivity index (χ4n) is 1.16. The van der Waals surface area contributed by atoms with Crippen LogP contribution in [-0.4, -0.2) is 13.2 Å². The highest BCUT2D eigenvalue weighted by atomic mass is 28.3. The van der Waals surface area contributed by atoms with Crippen molar-refractivity contribution in [1.82, 2.24) is 0 Å². The lowest BCUT2D eigenvalue weighted by Gasteiger charge is -2.05. The molecular weight excluding hydrogens is 204 g/mol. The summed E-state index contributed by atoms with van der Waals surface area (Å²) >= 11 is 0. The predicted octanol–water partition coefficient (Wildman–Crippen LogP) is 2.97. The molecule has 0 bridgehead atoms. The van der Waals surface area contributed by atoms with Gasteiger partial charge in [-0.15, -0.1) is 11.5 Å². The Morgan fingerprint density at radius 3 is 2.73 bits per heavy atom. The fourth-order valence-corrected chi connectivity index (χ4v) is 1.82. The Morgan fingerprint density at radius 2 is 2.20 bits per heavy atom. The van der Waals surface area contributed by atoms with Crippen molar-refractivity contribution in [2.75, 3.05) is 0 Å². The highest BCUT2D eigenvalue weighted by molar-refractivity contribution is 6.83. The summed E-state index contributed by atoms with van der Waals surface area (Å²) in [6, 6.07) is 3.57. The third-order valence-corrected chi connectivity index (χ3v) is 2.80. The van der Waals surface area contributed by atoms with E-state index >= 15 is 0 Å². The number of aliphatic hydroxyl groups is 1. The summed E-state index contributed by atoms with van der Waals surface area (Å²) in [5.41, 5.74) is 3.27. The number of aliphatic hydroxyl groups excluding tert-OH is 1. The molecule has 1 rings (SSSR count). The van der Waals surface area contributed by atoms with E-state index in [2.05, 4.69) is 31.1 Å². The summed E-state index contributed by atoms with van der Waals surface area (Å²) in [6.45, 7) is 6.63. The Hall–Kier alpha value is -0.983. The van der Waals surface area contributed by atoms with Gasteiger partial charge in [0.25, 0.3) is 0 Å². The molecule has 0 fully saturated rings. The topological polar surface area (TPSA) is 33.4 Å². The molecule has 0 spiro atoms. The van der Waals surface area contributed by atoms with Crippen molar-refractivity contribution in [2.45, 2.75) is 38.6 Å². The molecule has 0 radical (unpaired) electrons. The lowest BCUT2D eigenvalue weighted by Crippen LogP contribution is -2.16. The normalized spacial score (nSPS) is 13.1. The number of rotatable bonds is 3. The highest BCUT2D eigenvalue weighted by Gasteiger charge is 2.10. The zero-order chi connectivity index (χ0) is 11.3. The lowest BCUT2D eigenvalue weighted by atomic mass is 10.1. The van der Waals surface area contributed by atoms with Gasteiger partial charge in [0, 0.05) is 6.42 Å². The van der Waals surface area contributed by atoms with Crippen LogP contribution in [-0.2, 0) is 0 Å². The minimum atomic E-state index is -1.26. The van der Waals surface area contributed by atoms with Gasteiger partial charge in [0.2, 0.25) is 0 Å². The van der Waals surface area contributed by atoms with Crippen LogP contribution in [0.2, 0.25) is 19.6 Å². The fraction of sp³-hybridized carbons (Fsp3) is 0.500. The average Bonchev–Trinajstić information content (AvgIpc) is 2.63. The largest absolute Gasteiger partial charge is 0.467 e. The monoisotopic (exact) mass is 222 g/mol. The van der Waals surface area contributed by atoms with E-state index < -0.39 is 14.2 Å². The van der Waals surface area contributed by atoms with Gasteiger partial charge in [-0.3, -0.25) is 0 Å². The third kappa shape index (κ3) is 4.87. The number of furan rings is 1. The molecule has 1 aromatic rings. The van der Waals surface area contributed by atoms with Crippen LogP contribution in [0.4, 0.5) is 0 Å². The standard InChI is InChI=1S/C12H18O2Si/c1-15(2,3)10-5-4-7-11(13)12-8-6-9-14-12/h6,8-9,11,13H,4,7H2,1-3H3. The van der Waals surface area contributed by atoms with Gasteiger partial charge >= 0.3 is 0 Å². The van der Waals surface area contributed by atoms with Crippen LogP contribution in [0.15, 0.2) is 22.8 Å². The highest BCUT2D eigenvalue weighted by Crippen LogP contribution is 2.17. The SMILES string of the molecule is C[Si](C)(C)C#CCCC(O)c1ccco1. The van der Waals surface area contributed by atoms with Gasteiger partial charge in [-0.1, -0.05) is 19.6 Å². The van der Waals surface area contributed by atoms with Crippen molar-refractivity contribution < 1.29 is 9.52 Å². The summed E-state index contributed by atoms with van der Waals surface area (Å²) in [5, 5.41) is 9.69. The van der Waals surface area contributed by atoms with Gasteiger partial charge in [-0.25, -0.2) is 0 Å². The molecule has 1 unspecified atom stereocenters.